The van der Waals surface area contributed by atoms with Crippen molar-refractivity contribution in [2.24, 2.45) is 0 Å². The van der Waals surface area contributed by atoms with Crippen molar-refractivity contribution in [3.8, 4) is 16.9 Å². The van der Waals surface area contributed by atoms with Gasteiger partial charge in [0.15, 0.2) is 5.78 Å². The van der Waals surface area contributed by atoms with Gasteiger partial charge in [0.25, 0.3) is 0 Å². The summed E-state index contributed by atoms with van der Waals surface area (Å²) in [5.74, 6) is 1.06. The van der Waals surface area contributed by atoms with E-state index in [1.54, 1.807) is 7.11 Å². The molecule has 0 unspecified atom stereocenters. The van der Waals surface area contributed by atoms with E-state index >= 15 is 0 Å². The van der Waals surface area contributed by atoms with Crippen LogP contribution in [-0.4, -0.2) is 38.4 Å². The van der Waals surface area contributed by atoms with E-state index in [1.165, 1.54) is 0 Å². The molecule has 3 nitrogen and oxygen atoms in total. The summed E-state index contributed by atoms with van der Waals surface area (Å²) in [6.45, 7) is 1.03. The van der Waals surface area contributed by atoms with Gasteiger partial charge in [-0.15, -0.1) is 0 Å². The minimum absolute atomic E-state index is 0.221. The molecule has 3 heteroatoms. The Labute approximate surface area is 138 Å². The molecule has 0 radical (unpaired) electrons. The number of hydrogen-bond acceptors (Lipinski definition) is 3. The molecule has 2 aromatic rings. The van der Waals surface area contributed by atoms with Crippen molar-refractivity contribution in [1.29, 1.82) is 0 Å². The normalized spacial score (nSPS) is 10.8. The second-order valence-electron chi connectivity index (χ2n) is 5.99. The highest BCUT2D eigenvalue weighted by molar-refractivity contribution is 5.97. The molecule has 0 spiro atoms. The number of ketones is 1. The lowest BCUT2D eigenvalue weighted by atomic mass is 9.99. The monoisotopic (exact) mass is 311 g/mol. The van der Waals surface area contributed by atoms with Crippen molar-refractivity contribution in [1.82, 2.24) is 4.90 Å². The van der Waals surface area contributed by atoms with Crippen LogP contribution in [0.4, 0.5) is 0 Å². The average molecular weight is 311 g/mol. The van der Waals surface area contributed by atoms with Crippen LogP contribution in [0, 0.1) is 0 Å². The summed E-state index contributed by atoms with van der Waals surface area (Å²) in [5.41, 5.74) is 2.95. The van der Waals surface area contributed by atoms with Crippen molar-refractivity contribution < 1.29 is 9.53 Å². The Morgan fingerprint density at radius 3 is 2.39 bits per heavy atom. The SMILES string of the molecule is COc1ccc(-c2cccc(C(=O)CCCCN(C)C)c2)cc1. The topological polar surface area (TPSA) is 29.5 Å². The van der Waals surface area contributed by atoms with Crippen molar-refractivity contribution >= 4 is 5.78 Å². The van der Waals surface area contributed by atoms with E-state index in [0.717, 1.165) is 41.8 Å². The van der Waals surface area contributed by atoms with E-state index in [9.17, 15) is 4.79 Å². The van der Waals surface area contributed by atoms with Gasteiger partial charge >= 0.3 is 0 Å². The smallest absolute Gasteiger partial charge is 0.162 e. The number of Topliss-reactive ketones (excluding diaryl/α,β-unsaturated/α-hetero) is 1. The number of methoxy groups -OCH3 is 1. The summed E-state index contributed by atoms with van der Waals surface area (Å²) in [6.07, 6.45) is 2.60. The van der Waals surface area contributed by atoms with Gasteiger partial charge in [0.1, 0.15) is 5.75 Å². The Bertz CT molecular complexity index is 632. The molecule has 0 aromatic heterocycles. The summed E-state index contributed by atoms with van der Waals surface area (Å²) < 4.78 is 5.18. The van der Waals surface area contributed by atoms with E-state index in [-0.39, 0.29) is 5.78 Å². The Balaban J connectivity index is 2.02. The summed E-state index contributed by atoms with van der Waals surface area (Å²) in [7, 11) is 5.77. The van der Waals surface area contributed by atoms with E-state index in [2.05, 4.69) is 19.0 Å². The third-order valence-electron chi connectivity index (χ3n) is 3.87. The second kappa shape index (κ2) is 8.49. The number of nitrogens with zero attached hydrogens (tertiary/aromatic N) is 1. The quantitative estimate of drug-likeness (QED) is 0.538. The van der Waals surface area contributed by atoms with Gasteiger partial charge in [-0.25, -0.2) is 0 Å². The highest BCUT2D eigenvalue weighted by Gasteiger charge is 2.07. The molecule has 0 aliphatic carbocycles. The summed E-state index contributed by atoms with van der Waals surface area (Å²) in [5, 5.41) is 0. The molecule has 122 valence electrons. The van der Waals surface area contributed by atoms with E-state index < -0.39 is 0 Å². The molecule has 0 bridgehead atoms. The van der Waals surface area contributed by atoms with Gasteiger partial charge in [0, 0.05) is 12.0 Å². The zero-order chi connectivity index (χ0) is 16.7. The lowest BCUT2D eigenvalue weighted by Crippen LogP contribution is -2.13. The van der Waals surface area contributed by atoms with Gasteiger partial charge in [0.2, 0.25) is 0 Å². The Morgan fingerprint density at radius 1 is 1.00 bits per heavy atom. The molecule has 0 aliphatic heterocycles. The first-order valence-corrected chi connectivity index (χ1v) is 8.02. The number of ether oxygens (including phenoxy) is 1. The second-order valence-corrected chi connectivity index (χ2v) is 5.99. The predicted molar refractivity (Wildman–Crippen MR) is 95.2 cm³/mol. The summed E-state index contributed by atoms with van der Waals surface area (Å²) in [4.78, 5) is 14.5. The molecule has 2 rings (SSSR count). The molecule has 0 atom stereocenters. The maximum Gasteiger partial charge on any atom is 0.162 e. The van der Waals surface area contributed by atoms with Crippen molar-refractivity contribution in [2.45, 2.75) is 19.3 Å². The van der Waals surface area contributed by atoms with Crippen LogP contribution in [0.5, 0.6) is 5.75 Å². The van der Waals surface area contributed by atoms with Crippen LogP contribution in [0.15, 0.2) is 48.5 Å². The molecule has 0 fully saturated rings. The van der Waals surface area contributed by atoms with Gasteiger partial charge in [0.05, 0.1) is 7.11 Å². The molecule has 0 N–H and O–H groups in total. The van der Waals surface area contributed by atoms with Gasteiger partial charge in [-0.05, 0) is 62.8 Å². The molecule has 2 aromatic carbocycles. The lowest BCUT2D eigenvalue weighted by Gasteiger charge is -2.09. The molecular formula is C20H25NO2. The van der Waals surface area contributed by atoms with E-state index in [0.29, 0.717) is 6.42 Å². The molecular weight excluding hydrogens is 286 g/mol. The third-order valence-corrected chi connectivity index (χ3v) is 3.87. The molecule has 0 heterocycles. The zero-order valence-electron chi connectivity index (χ0n) is 14.2. The highest BCUT2D eigenvalue weighted by Crippen LogP contribution is 2.23. The molecule has 23 heavy (non-hydrogen) atoms. The minimum Gasteiger partial charge on any atom is -0.497 e. The number of carbonyl (C=O) groups is 1. The van der Waals surface area contributed by atoms with Crippen molar-refractivity contribution in [3.63, 3.8) is 0 Å². The maximum absolute atomic E-state index is 12.3. The van der Waals surface area contributed by atoms with Crippen molar-refractivity contribution in [2.75, 3.05) is 27.7 Å². The van der Waals surface area contributed by atoms with Crippen LogP contribution in [0.25, 0.3) is 11.1 Å². The fourth-order valence-electron chi connectivity index (χ4n) is 2.51. The maximum atomic E-state index is 12.3. The van der Waals surface area contributed by atoms with Gasteiger partial charge in [-0.1, -0.05) is 30.3 Å². The summed E-state index contributed by atoms with van der Waals surface area (Å²) >= 11 is 0. The number of unbranched alkanes of at least 4 members (excludes halogenated alkanes) is 1. The van der Waals surface area contributed by atoms with Crippen LogP contribution >= 0.6 is 0 Å². The third kappa shape index (κ3) is 5.22. The van der Waals surface area contributed by atoms with Gasteiger partial charge < -0.3 is 9.64 Å². The fraction of sp³-hybridized carbons (Fsp3) is 0.350. The Hall–Kier alpha value is -2.13. The predicted octanol–water partition coefficient (Wildman–Crippen LogP) is 4.28. The fourth-order valence-corrected chi connectivity index (χ4v) is 2.51. The van der Waals surface area contributed by atoms with Gasteiger partial charge in [-0.2, -0.15) is 0 Å². The van der Waals surface area contributed by atoms with Crippen LogP contribution < -0.4 is 4.74 Å². The molecule has 0 saturated heterocycles. The first-order chi connectivity index (χ1) is 11.1. The first kappa shape index (κ1) is 17.2. The van der Waals surface area contributed by atoms with Crippen LogP contribution in [0.1, 0.15) is 29.6 Å². The average Bonchev–Trinajstić information content (AvgIpc) is 2.58. The highest BCUT2D eigenvalue weighted by atomic mass is 16.5. The Kier molecular flexibility index (Phi) is 6.36. The zero-order valence-corrected chi connectivity index (χ0v) is 14.2. The number of benzene rings is 2. The number of carbonyl (C=O) groups excluding carboxylic acids is 1. The van der Waals surface area contributed by atoms with Crippen LogP contribution in [0.3, 0.4) is 0 Å². The van der Waals surface area contributed by atoms with E-state index in [1.807, 2.05) is 48.5 Å². The van der Waals surface area contributed by atoms with Crippen LogP contribution in [-0.2, 0) is 0 Å². The number of rotatable bonds is 8. The van der Waals surface area contributed by atoms with Gasteiger partial charge in [-0.3, -0.25) is 4.79 Å². The Morgan fingerprint density at radius 2 is 1.74 bits per heavy atom. The summed E-state index contributed by atoms with van der Waals surface area (Å²) in [6, 6.07) is 15.8. The van der Waals surface area contributed by atoms with Crippen molar-refractivity contribution in [3.05, 3.63) is 54.1 Å². The molecule has 0 amide bonds. The standard InChI is InChI=1S/C20H25NO2/c1-21(2)14-5-4-9-20(22)18-8-6-7-17(15-18)16-10-12-19(23-3)13-11-16/h6-8,10-13,15H,4-5,9,14H2,1-3H3. The molecule has 0 saturated carbocycles. The van der Waals surface area contributed by atoms with E-state index in [4.69, 9.17) is 4.74 Å². The number of hydrogen-bond donors (Lipinski definition) is 0. The minimum atomic E-state index is 0.221. The van der Waals surface area contributed by atoms with Crippen LogP contribution in [0.2, 0.25) is 0 Å². The molecule has 0 aliphatic rings. The lowest BCUT2D eigenvalue weighted by molar-refractivity contribution is 0.0978. The largest absolute Gasteiger partial charge is 0.497 e. The first-order valence-electron chi connectivity index (χ1n) is 8.02.